The van der Waals surface area contributed by atoms with Gasteiger partial charge in [-0.05, 0) is 43.7 Å². The van der Waals surface area contributed by atoms with Gasteiger partial charge in [-0.1, -0.05) is 24.3 Å². The highest BCUT2D eigenvalue weighted by Crippen LogP contribution is 2.33. The first kappa shape index (κ1) is 16.6. The molecule has 3 aromatic rings. The van der Waals surface area contributed by atoms with Gasteiger partial charge in [-0.15, -0.1) is 0 Å². The summed E-state index contributed by atoms with van der Waals surface area (Å²) in [4.78, 5) is -0.388. The monoisotopic (exact) mass is 353 g/mol. The molecule has 3 nitrogen and oxygen atoms in total. The Morgan fingerprint density at radius 1 is 0.958 bits per heavy atom. The highest BCUT2D eigenvalue weighted by molar-refractivity contribution is 7.90. The van der Waals surface area contributed by atoms with E-state index in [-0.39, 0.29) is 4.90 Å². The van der Waals surface area contributed by atoms with E-state index in [1.165, 1.54) is 6.07 Å². The van der Waals surface area contributed by atoms with Crippen molar-refractivity contribution < 1.29 is 21.6 Å². The molecule has 0 fully saturated rings. The Morgan fingerprint density at radius 2 is 1.62 bits per heavy atom. The summed E-state index contributed by atoms with van der Waals surface area (Å²) in [5, 5.41) is 0.755. The van der Waals surface area contributed by atoms with Gasteiger partial charge in [0.2, 0.25) is 0 Å². The first-order valence-corrected chi connectivity index (χ1v) is 8.57. The quantitative estimate of drug-likeness (QED) is 0.680. The molecule has 0 spiro atoms. The van der Waals surface area contributed by atoms with Crippen LogP contribution in [0.25, 0.3) is 10.9 Å². The van der Waals surface area contributed by atoms with E-state index in [0.29, 0.717) is 17.3 Å². The Balaban J connectivity index is 2.29. The number of aryl methyl sites for hydroxylation is 1. The first-order chi connectivity index (χ1) is 11.1. The maximum absolute atomic E-state index is 13.0. The summed E-state index contributed by atoms with van der Waals surface area (Å²) < 4.78 is 65.7. The molecule has 3 rings (SSSR count). The van der Waals surface area contributed by atoms with Crippen LogP contribution in [0.15, 0.2) is 53.4 Å². The second-order valence-electron chi connectivity index (χ2n) is 5.52. The molecule has 0 atom stereocenters. The molecule has 0 bridgehead atoms. The minimum absolute atomic E-state index is 0.388. The van der Waals surface area contributed by atoms with Gasteiger partial charge in [-0.2, -0.15) is 13.2 Å². The highest BCUT2D eigenvalue weighted by atomic mass is 32.2. The summed E-state index contributed by atoms with van der Waals surface area (Å²) in [5.41, 5.74) is 0.717. The maximum atomic E-state index is 13.0. The lowest BCUT2D eigenvalue weighted by atomic mass is 10.2. The standard InChI is InChI=1S/C17H14F3NO2S/c1-11-12(2)21(16-9-4-3-8-15(11)16)24(22,23)14-7-5-6-13(10-14)17(18,19)20/h3-10H,1-2H3. The lowest BCUT2D eigenvalue weighted by molar-refractivity contribution is -0.137. The maximum Gasteiger partial charge on any atom is 0.416 e. The molecule has 1 heterocycles. The average molecular weight is 353 g/mol. The molecule has 0 radical (unpaired) electrons. The molecule has 7 heteroatoms. The molecule has 24 heavy (non-hydrogen) atoms. The third-order valence-electron chi connectivity index (χ3n) is 4.07. The van der Waals surface area contributed by atoms with Crippen molar-refractivity contribution in [3.63, 3.8) is 0 Å². The number of nitrogens with zero attached hydrogens (tertiary/aromatic N) is 1. The van der Waals surface area contributed by atoms with Crippen molar-refractivity contribution in [1.82, 2.24) is 3.97 Å². The normalized spacial score (nSPS) is 12.7. The first-order valence-electron chi connectivity index (χ1n) is 7.13. The van der Waals surface area contributed by atoms with Crippen molar-refractivity contribution in [3.05, 3.63) is 65.4 Å². The summed E-state index contributed by atoms with van der Waals surface area (Å²) >= 11 is 0. The fourth-order valence-electron chi connectivity index (χ4n) is 2.74. The van der Waals surface area contributed by atoms with Gasteiger partial charge in [-0.25, -0.2) is 12.4 Å². The van der Waals surface area contributed by atoms with E-state index in [0.717, 1.165) is 27.1 Å². The minimum atomic E-state index is -4.60. The van der Waals surface area contributed by atoms with Crippen LogP contribution < -0.4 is 0 Å². The molecule has 0 aliphatic carbocycles. The largest absolute Gasteiger partial charge is 0.416 e. The number of rotatable bonds is 2. The van der Waals surface area contributed by atoms with E-state index in [9.17, 15) is 21.6 Å². The Bertz CT molecular complexity index is 1030. The van der Waals surface area contributed by atoms with Crippen molar-refractivity contribution in [1.29, 1.82) is 0 Å². The highest BCUT2D eigenvalue weighted by Gasteiger charge is 2.32. The number of hydrogen-bond acceptors (Lipinski definition) is 2. The summed E-state index contributed by atoms with van der Waals surface area (Å²) in [7, 11) is -4.14. The molecular formula is C17H14F3NO2S. The van der Waals surface area contributed by atoms with Gasteiger partial charge in [0.25, 0.3) is 10.0 Å². The third-order valence-corrected chi connectivity index (χ3v) is 5.87. The van der Waals surface area contributed by atoms with Crippen LogP contribution in [0, 0.1) is 13.8 Å². The van der Waals surface area contributed by atoms with Crippen LogP contribution in [0.1, 0.15) is 16.8 Å². The van der Waals surface area contributed by atoms with Gasteiger partial charge in [0, 0.05) is 11.1 Å². The van der Waals surface area contributed by atoms with Crippen LogP contribution in [0.5, 0.6) is 0 Å². The molecule has 0 saturated carbocycles. The molecule has 2 aromatic carbocycles. The zero-order valence-electron chi connectivity index (χ0n) is 12.9. The fraction of sp³-hybridized carbons (Fsp3) is 0.176. The molecular weight excluding hydrogens is 339 g/mol. The number of alkyl halides is 3. The van der Waals surface area contributed by atoms with Crippen molar-refractivity contribution >= 4 is 20.9 Å². The van der Waals surface area contributed by atoms with Gasteiger partial charge >= 0.3 is 6.18 Å². The Kier molecular flexibility index (Phi) is 3.71. The molecule has 1 aromatic heterocycles. The van der Waals surface area contributed by atoms with E-state index in [2.05, 4.69) is 0 Å². The van der Waals surface area contributed by atoms with Crippen molar-refractivity contribution in [2.75, 3.05) is 0 Å². The number of aromatic nitrogens is 1. The predicted octanol–water partition coefficient (Wildman–Crippen LogP) is 4.51. The molecule has 0 amide bonds. The third kappa shape index (κ3) is 2.49. The SMILES string of the molecule is Cc1c(C)n(S(=O)(=O)c2cccc(C(F)(F)F)c2)c2ccccc12. The molecule has 0 aliphatic rings. The van der Waals surface area contributed by atoms with Crippen LogP contribution in [-0.4, -0.2) is 12.4 Å². The molecule has 0 aliphatic heterocycles. The molecule has 0 saturated heterocycles. The molecule has 0 unspecified atom stereocenters. The average Bonchev–Trinajstić information content (AvgIpc) is 2.79. The van der Waals surface area contributed by atoms with Gasteiger partial charge in [0.1, 0.15) is 0 Å². The van der Waals surface area contributed by atoms with E-state index in [1.807, 2.05) is 0 Å². The van der Waals surface area contributed by atoms with E-state index in [4.69, 9.17) is 0 Å². The molecule has 126 valence electrons. The fourth-order valence-corrected chi connectivity index (χ4v) is 4.40. The minimum Gasteiger partial charge on any atom is -0.238 e. The molecule has 0 N–H and O–H groups in total. The smallest absolute Gasteiger partial charge is 0.238 e. The lowest BCUT2D eigenvalue weighted by Gasteiger charge is -2.12. The van der Waals surface area contributed by atoms with Crippen LogP contribution in [0.4, 0.5) is 13.2 Å². The zero-order chi connectivity index (χ0) is 17.7. The lowest BCUT2D eigenvalue weighted by Crippen LogP contribution is -2.15. The number of fused-ring (bicyclic) bond motifs is 1. The van der Waals surface area contributed by atoms with Crippen LogP contribution in [-0.2, 0) is 16.2 Å². The Hall–Kier alpha value is -2.28. The summed E-state index contributed by atoms with van der Waals surface area (Å²) in [6.07, 6.45) is -4.60. The second kappa shape index (κ2) is 5.37. The van der Waals surface area contributed by atoms with Crippen molar-refractivity contribution in [3.8, 4) is 0 Å². The predicted molar refractivity (Wildman–Crippen MR) is 85.4 cm³/mol. The second-order valence-corrected chi connectivity index (χ2v) is 7.31. The summed E-state index contributed by atoms with van der Waals surface area (Å²) in [5.74, 6) is 0. The van der Waals surface area contributed by atoms with Crippen LogP contribution in [0.3, 0.4) is 0 Å². The Morgan fingerprint density at radius 3 is 2.29 bits per heavy atom. The Labute approximate surface area is 137 Å². The summed E-state index contributed by atoms with van der Waals surface area (Å²) in [6, 6.07) is 10.7. The zero-order valence-corrected chi connectivity index (χ0v) is 13.7. The topological polar surface area (TPSA) is 39.1 Å². The number of halogens is 3. The van der Waals surface area contributed by atoms with E-state index < -0.39 is 21.8 Å². The van der Waals surface area contributed by atoms with Crippen molar-refractivity contribution in [2.24, 2.45) is 0 Å². The summed E-state index contributed by atoms with van der Waals surface area (Å²) in [6.45, 7) is 3.43. The van der Waals surface area contributed by atoms with Gasteiger partial charge in [0.15, 0.2) is 0 Å². The number of hydrogen-bond donors (Lipinski definition) is 0. The van der Waals surface area contributed by atoms with E-state index >= 15 is 0 Å². The van der Waals surface area contributed by atoms with Gasteiger partial charge < -0.3 is 0 Å². The van der Waals surface area contributed by atoms with Crippen LogP contribution in [0.2, 0.25) is 0 Å². The van der Waals surface area contributed by atoms with Gasteiger partial charge in [-0.3, -0.25) is 0 Å². The number of benzene rings is 2. The number of para-hydroxylation sites is 1. The van der Waals surface area contributed by atoms with Gasteiger partial charge in [0.05, 0.1) is 16.0 Å². The van der Waals surface area contributed by atoms with Crippen LogP contribution >= 0.6 is 0 Å². The van der Waals surface area contributed by atoms with E-state index in [1.54, 1.807) is 38.1 Å². The van der Waals surface area contributed by atoms with Crippen molar-refractivity contribution in [2.45, 2.75) is 24.9 Å².